The number of hydrogen-bond acceptors (Lipinski definition) is 1. The summed E-state index contributed by atoms with van der Waals surface area (Å²) in [6.45, 7) is 4.97. The highest BCUT2D eigenvalue weighted by atomic mass is 19.3. The zero-order valence-electron chi connectivity index (χ0n) is 15.8. The van der Waals surface area contributed by atoms with Crippen LogP contribution in [0.5, 0.6) is 0 Å². The van der Waals surface area contributed by atoms with E-state index in [1.165, 1.54) is 0 Å². The molecule has 0 atom stereocenters. The number of halogens is 4. The molecule has 2 nitrogen and oxygen atoms in total. The molecule has 2 fully saturated rings. The first-order valence-electron chi connectivity index (χ1n) is 9.62. The number of fused-ring (bicyclic) bond motifs is 1. The van der Waals surface area contributed by atoms with Gasteiger partial charge < -0.3 is 4.98 Å². The van der Waals surface area contributed by atoms with Crippen LogP contribution in [-0.2, 0) is 13.0 Å². The Hall–Kier alpha value is -1.56. The van der Waals surface area contributed by atoms with Gasteiger partial charge in [0.25, 0.3) is 0 Å². The first-order chi connectivity index (χ1) is 12.6. The average Bonchev–Trinajstić information content (AvgIpc) is 3.00. The predicted octanol–water partition coefficient (Wildman–Crippen LogP) is 5.69. The van der Waals surface area contributed by atoms with E-state index in [9.17, 15) is 17.6 Å². The van der Waals surface area contributed by atoms with Crippen molar-refractivity contribution in [2.75, 3.05) is 13.1 Å². The number of piperidine rings is 1. The Bertz CT molecular complexity index is 832. The van der Waals surface area contributed by atoms with E-state index in [1.807, 2.05) is 25.3 Å². The van der Waals surface area contributed by atoms with Gasteiger partial charge in [0, 0.05) is 42.9 Å². The van der Waals surface area contributed by atoms with Gasteiger partial charge in [0.05, 0.1) is 0 Å². The number of aryl methyl sites for hydroxylation is 1. The number of benzene rings is 1. The predicted molar refractivity (Wildman–Crippen MR) is 98.5 cm³/mol. The lowest BCUT2D eigenvalue weighted by molar-refractivity contribution is -0.178. The lowest BCUT2D eigenvalue weighted by Crippen LogP contribution is -2.52. The van der Waals surface area contributed by atoms with Gasteiger partial charge in [-0.15, -0.1) is 0 Å². The van der Waals surface area contributed by atoms with E-state index < -0.39 is 11.8 Å². The molecule has 2 aliphatic rings. The molecule has 0 unspecified atom stereocenters. The topological polar surface area (TPSA) is 19.0 Å². The van der Waals surface area contributed by atoms with Gasteiger partial charge in [-0.2, -0.15) is 0 Å². The van der Waals surface area contributed by atoms with Crippen molar-refractivity contribution in [3.8, 4) is 0 Å². The largest absolute Gasteiger partial charge is 0.361 e. The molecule has 0 bridgehead atoms. The Morgan fingerprint density at radius 1 is 1.19 bits per heavy atom. The molecule has 0 amide bonds. The van der Waals surface area contributed by atoms with Gasteiger partial charge in [-0.3, -0.25) is 4.90 Å². The summed E-state index contributed by atoms with van der Waals surface area (Å²) in [4.78, 5) is 5.44. The molecule has 1 N–H and O–H groups in total. The molecule has 148 valence electrons. The molecule has 1 aliphatic heterocycles. The molecular weight excluding hydrogens is 356 g/mol. The van der Waals surface area contributed by atoms with Crippen molar-refractivity contribution < 1.29 is 17.6 Å². The molecule has 6 heteroatoms. The second-order valence-electron chi connectivity index (χ2n) is 8.83. The number of rotatable bonds is 4. The number of aromatic nitrogens is 1. The summed E-state index contributed by atoms with van der Waals surface area (Å²) >= 11 is 0. The third kappa shape index (κ3) is 3.73. The first-order valence-corrected chi connectivity index (χ1v) is 9.62. The summed E-state index contributed by atoms with van der Waals surface area (Å²) in [5.74, 6) is -5.26. The van der Waals surface area contributed by atoms with Gasteiger partial charge in [0.2, 0.25) is 11.8 Å². The van der Waals surface area contributed by atoms with Crippen molar-refractivity contribution in [1.29, 1.82) is 0 Å². The van der Waals surface area contributed by atoms with Gasteiger partial charge in [0.1, 0.15) is 0 Å². The van der Waals surface area contributed by atoms with Crippen LogP contribution in [0.2, 0.25) is 0 Å². The number of aromatic amines is 1. The fourth-order valence-electron chi connectivity index (χ4n) is 5.03. The minimum atomic E-state index is -2.77. The van der Waals surface area contributed by atoms with E-state index >= 15 is 0 Å². The van der Waals surface area contributed by atoms with E-state index in [0.29, 0.717) is 12.1 Å². The Kier molecular flexibility index (Phi) is 4.33. The highest BCUT2D eigenvalue weighted by molar-refractivity contribution is 5.87. The molecule has 1 aromatic heterocycles. The van der Waals surface area contributed by atoms with Crippen molar-refractivity contribution >= 4 is 10.9 Å². The van der Waals surface area contributed by atoms with Crippen LogP contribution in [0, 0.1) is 12.3 Å². The molecule has 1 aliphatic carbocycles. The summed E-state index contributed by atoms with van der Waals surface area (Å²) in [5, 5.41) is 0.990. The lowest BCUT2D eigenvalue weighted by Gasteiger charge is -2.52. The van der Waals surface area contributed by atoms with E-state index in [4.69, 9.17) is 0 Å². The van der Waals surface area contributed by atoms with Crippen molar-refractivity contribution in [3.05, 3.63) is 35.0 Å². The first kappa shape index (κ1) is 18.8. The summed E-state index contributed by atoms with van der Waals surface area (Å²) in [6.07, 6.45) is 3.11. The highest BCUT2D eigenvalue weighted by Gasteiger charge is 2.56. The molecule has 27 heavy (non-hydrogen) atoms. The monoisotopic (exact) mass is 382 g/mol. The third-order valence-corrected chi connectivity index (χ3v) is 6.31. The van der Waals surface area contributed by atoms with E-state index in [1.54, 1.807) is 0 Å². The standard InChI is InChI=1S/C21H26F4N2/c1-14-9-15(10-19(2,22)23)17(16-3-6-26-18(14)16)11-27-7-4-20(5-8-27)12-21(24,25)13-20/h3,6,9,26H,4-5,7-8,10-13H2,1-2H3. The van der Waals surface area contributed by atoms with Crippen molar-refractivity contribution in [3.63, 3.8) is 0 Å². The van der Waals surface area contributed by atoms with Crippen LogP contribution >= 0.6 is 0 Å². The molecular formula is C21H26F4N2. The molecule has 0 radical (unpaired) electrons. The fourth-order valence-corrected chi connectivity index (χ4v) is 5.03. The second kappa shape index (κ2) is 6.23. The number of alkyl halides is 4. The SMILES string of the molecule is Cc1cc(CC(C)(F)F)c(CN2CCC3(CC2)CC(F)(F)C3)c2cc[nH]c12. The van der Waals surface area contributed by atoms with E-state index in [-0.39, 0.29) is 24.7 Å². The quantitative estimate of drug-likeness (QED) is 0.674. The van der Waals surface area contributed by atoms with E-state index in [2.05, 4.69) is 9.88 Å². The lowest BCUT2D eigenvalue weighted by atomic mass is 9.61. The second-order valence-corrected chi connectivity index (χ2v) is 8.83. The number of hydrogen-bond donors (Lipinski definition) is 1. The third-order valence-electron chi connectivity index (χ3n) is 6.31. The van der Waals surface area contributed by atoms with Gasteiger partial charge in [-0.05, 0) is 68.0 Å². The van der Waals surface area contributed by atoms with Gasteiger partial charge >= 0.3 is 0 Å². The van der Waals surface area contributed by atoms with Crippen LogP contribution in [0.1, 0.15) is 49.3 Å². The maximum Gasteiger partial charge on any atom is 0.249 e. The molecule has 1 saturated heterocycles. The van der Waals surface area contributed by atoms with Crippen LogP contribution in [0.25, 0.3) is 10.9 Å². The van der Waals surface area contributed by atoms with Gasteiger partial charge in [-0.25, -0.2) is 17.6 Å². The normalized spacial score (nSPS) is 22.3. The summed E-state index contributed by atoms with van der Waals surface area (Å²) < 4.78 is 54.1. The molecule has 4 rings (SSSR count). The average molecular weight is 382 g/mol. The van der Waals surface area contributed by atoms with Crippen LogP contribution in [-0.4, -0.2) is 34.8 Å². The van der Waals surface area contributed by atoms with Crippen LogP contribution in [0.15, 0.2) is 18.3 Å². The fraction of sp³-hybridized carbons (Fsp3) is 0.619. The Morgan fingerprint density at radius 2 is 1.85 bits per heavy atom. The molecule has 2 aromatic rings. The van der Waals surface area contributed by atoms with E-state index in [0.717, 1.165) is 54.9 Å². The molecule has 1 saturated carbocycles. The number of nitrogens with zero attached hydrogens (tertiary/aromatic N) is 1. The van der Waals surface area contributed by atoms with Crippen molar-refractivity contribution in [1.82, 2.24) is 9.88 Å². The Balaban J connectivity index is 1.56. The number of nitrogens with one attached hydrogen (secondary N) is 1. The van der Waals surface area contributed by atoms with Crippen LogP contribution in [0.3, 0.4) is 0 Å². The Labute approximate surface area is 156 Å². The smallest absolute Gasteiger partial charge is 0.249 e. The summed E-state index contributed by atoms with van der Waals surface area (Å²) in [5.41, 5.74) is 3.37. The van der Waals surface area contributed by atoms with Gasteiger partial charge in [-0.1, -0.05) is 6.07 Å². The Morgan fingerprint density at radius 3 is 2.44 bits per heavy atom. The highest BCUT2D eigenvalue weighted by Crippen LogP contribution is 2.57. The minimum absolute atomic E-state index is 0.00767. The van der Waals surface area contributed by atoms with Crippen molar-refractivity contribution in [2.45, 2.75) is 64.3 Å². The maximum atomic E-state index is 13.8. The number of H-pyrrole nitrogens is 1. The van der Waals surface area contributed by atoms with Crippen LogP contribution in [0.4, 0.5) is 17.6 Å². The summed E-state index contributed by atoms with van der Waals surface area (Å²) in [6, 6.07) is 3.82. The zero-order valence-corrected chi connectivity index (χ0v) is 15.8. The number of likely N-dealkylation sites (tertiary alicyclic amines) is 1. The van der Waals surface area contributed by atoms with Crippen LogP contribution < -0.4 is 0 Å². The molecule has 2 heterocycles. The zero-order chi connectivity index (χ0) is 19.4. The maximum absolute atomic E-state index is 13.8. The van der Waals surface area contributed by atoms with Crippen molar-refractivity contribution in [2.24, 2.45) is 5.41 Å². The molecule has 1 aromatic carbocycles. The summed E-state index contributed by atoms with van der Waals surface area (Å²) in [7, 11) is 0. The minimum Gasteiger partial charge on any atom is -0.361 e. The van der Waals surface area contributed by atoms with Gasteiger partial charge in [0.15, 0.2) is 0 Å². The molecule has 1 spiro atoms.